The van der Waals surface area contributed by atoms with Gasteiger partial charge in [-0.25, -0.2) is 19.9 Å². The number of likely N-dealkylation sites (tertiary alicyclic amines) is 2. The van der Waals surface area contributed by atoms with Gasteiger partial charge < -0.3 is 30.2 Å². The lowest BCUT2D eigenvalue weighted by atomic mass is 10.1. The fourth-order valence-electron chi connectivity index (χ4n) is 7.10. The zero-order valence-electron chi connectivity index (χ0n) is 29.3. The Bertz CT molecular complexity index is 2040. The molecule has 2 fully saturated rings. The minimum atomic E-state index is -0.492. The van der Waals surface area contributed by atoms with E-state index in [1.54, 1.807) is 60.7 Å². The summed E-state index contributed by atoms with van der Waals surface area (Å²) in [6.07, 6.45) is 4.46. The van der Waals surface area contributed by atoms with Crippen LogP contribution in [-0.2, 0) is 9.59 Å². The zero-order chi connectivity index (χ0) is 36.3. The molecule has 2 saturated heterocycles. The first-order valence-corrected chi connectivity index (χ1v) is 17.6. The lowest BCUT2D eigenvalue weighted by Gasteiger charge is -2.28. The number of nitrogens with one attached hydrogen (secondary N) is 4. The van der Waals surface area contributed by atoms with Gasteiger partial charge in [0.05, 0.1) is 51.3 Å². The maximum absolute atomic E-state index is 13.4. The average Bonchev–Trinajstić information content (AvgIpc) is 3.75. The van der Waals surface area contributed by atoms with Crippen molar-refractivity contribution in [3.63, 3.8) is 0 Å². The van der Waals surface area contributed by atoms with Crippen molar-refractivity contribution >= 4 is 68.7 Å². The second-order valence-electron chi connectivity index (χ2n) is 14.3. The Morgan fingerprint density at radius 3 is 1.23 bits per heavy atom. The molecule has 5 aromatic rings. The molecule has 4 aromatic heterocycles. The normalized spacial score (nSPS) is 16.0. The van der Waals surface area contributed by atoms with Crippen LogP contribution in [0.25, 0.3) is 21.8 Å². The fourth-order valence-corrected chi connectivity index (χ4v) is 7.10. The Morgan fingerprint density at radius 2 is 0.846 bits per heavy atom. The summed E-state index contributed by atoms with van der Waals surface area (Å²) in [6.45, 7) is 4.63. The lowest BCUT2D eigenvalue weighted by molar-refractivity contribution is -0.889. The van der Waals surface area contributed by atoms with E-state index in [0.29, 0.717) is 44.7 Å². The summed E-state index contributed by atoms with van der Waals surface area (Å²) in [6, 6.07) is 20.6. The van der Waals surface area contributed by atoms with Crippen LogP contribution in [-0.4, -0.2) is 106 Å². The maximum atomic E-state index is 13.4. The average molecular weight is 703 g/mol. The quantitative estimate of drug-likeness (QED) is 0.122. The molecule has 0 radical (unpaired) electrons. The van der Waals surface area contributed by atoms with Gasteiger partial charge in [-0.1, -0.05) is 36.4 Å². The smallest absolute Gasteiger partial charge is 0.280 e. The van der Waals surface area contributed by atoms with Crippen molar-refractivity contribution in [2.45, 2.75) is 25.7 Å². The van der Waals surface area contributed by atoms with Gasteiger partial charge in [0.25, 0.3) is 23.6 Å². The van der Waals surface area contributed by atoms with Crippen LogP contribution < -0.4 is 21.3 Å². The van der Waals surface area contributed by atoms with E-state index in [4.69, 9.17) is 0 Å². The molecule has 0 spiro atoms. The van der Waals surface area contributed by atoms with Crippen molar-refractivity contribution in [2.75, 3.05) is 74.6 Å². The number of pyridine rings is 4. The molecular weight excluding hydrogens is 660 g/mol. The molecule has 14 nitrogen and oxygen atoms in total. The minimum Gasteiger partial charge on any atom is -0.318 e. The molecule has 14 heteroatoms. The summed E-state index contributed by atoms with van der Waals surface area (Å²) in [5, 5.41) is 12.7. The number of carbonyl (C=O) groups excluding carboxylic acids is 4. The Hall–Kier alpha value is -5.86. The predicted molar refractivity (Wildman–Crippen MR) is 199 cm³/mol. The van der Waals surface area contributed by atoms with Crippen molar-refractivity contribution < 1.29 is 28.1 Å². The van der Waals surface area contributed by atoms with E-state index in [-0.39, 0.29) is 34.8 Å². The van der Waals surface area contributed by atoms with Gasteiger partial charge in [0.2, 0.25) is 0 Å². The van der Waals surface area contributed by atoms with Crippen molar-refractivity contribution in [3.05, 3.63) is 84.2 Å². The lowest BCUT2D eigenvalue weighted by Crippen LogP contribution is -2.46. The summed E-state index contributed by atoms with van der Waals surface area (Å²) >= 11 is 0. The van der Waals surface area contributed by atoms with E-state index in [1.807, 2.05) is 12.1 Å². The van der Waals surface area contributed by atoms with Crippen LogP contribution in [0.3, 0.4) is 0 Å². The maximum Gasteiger partial charge on any atom is 0.280 e. The molecule has 0 aliphatic carbocycles. The van der Waals surface area contributed by atoms with Crippen LogP contribution in [0.5, 0.6) is 0 Å². The number of hydrogen-bond donors (Lipinski definition) is 4. The van der Waals surface area contributed by atoms with Gasteiger partial charge in [0.1, 0.15) is 34.7 Å². The number of hydrogen-bond acceptors (Lipinski definition) is 8. The third-order valence-corrected chi connectivity index (χ3v) is 9.84. The number of fused-ring (bicyclic) bond motifs is 3. The Labute approximate surface area is 300 Å². The highest BCUT2D eigenvalue weighted by Crippen LogP contribution is 2.24. The van der Waals surface area contributed by atoms with Crippen LogP contribution in [0.2, 0.25) is 0 Å². The zero-order valence-corrected chi connectivity index (χ0v) is 29.3. The number of nitrogens with zero attached hydrogens (tertiary/aromatic N) is 6. The molecule has 0 unspecified atom stereocenters. The number of aromatic nitrogens is 4. The molecular formula is C38H42N10O4+2. The molecule has 0 atom stereocenters. The third kappa shape index (κ3) is 8.03. The summed E-state index contributed by atoms with van der Waals surface area (Å²) in [7, 11) is 4.17. The van der Waals surface area contributed by atoms with Crippen molar-refractivity contribution in [2.24, 2.45) is 0 Å². The second-order valence-corrected chi connectivity index (χ2v) is 14.3. The topological polar surface area (TPSA) is 168 Å². The van der Waals surface area contributed by atoms with Crippen LogP contribution in [0, 0.1) is 0 Å². The van der Waals surface area contributed by atoms with Gasteiger partial charge in [0.15, 0.2) is 13.1 Å². The molecule has 0 saturated carbocycles. The second kappa shape index (κ2) is 14.4. The molecule has 0 bridgehead atoms. The molecule has 7 rings (SSSR count). The van der Waals surface area contributed by atoms with E-state index in [2.05, 4.69) is 55.3 Å². The number of anilines is 4. The summed E-state index contributed by atoms with van der Waals surface area (Å²) in [4.78, 5) is 70.2. The standard InChI is InChI=1S/C38H40N10O4/c1-47(19-3-4-20-47)23-33(49)43-29-9-7-11-31(41-29)45-37(51)27-17-15-25-13-14-26-16-18-28(40-36(26)35(25)39-27)38(52)46-32-12-8-10-30(42-32)44-34(50)24-48(2)21-5-6-22-48/h7-18H,3-6,19-24H2,1-2H3,(H2-2,41,42,43,44,45,46,49,50,51,52)/p+2. The fraction of sp³-hybridized carbons (Fsp3) is 0.316. The van der Waals surface area contributed by atoms with Crippen molar-refractivity contribution in [1.82, 2.24) is 19.9 Å². The van der Waals surface area contributed by atoms with Crippen LogP contribution >= 0.6 is 0 Å². The first kappa shape index (κ1) is 34.6. The van der Waals surface area contributed by atoms with Crippen molar-refractivity contribution in [3.8, 4) is 0 Å². The minimum absolute atomic E-state index is 0.124. The number of likely N-dealkylation sites (N-methyl/N-ethyl adjacent to an activating group) is 2. The highest BCUT2D eigenvalue weighted by molar-refractivity contribution is 6.09. The van der Waals surface area contributed by atoms with E-state index in [0.717, 1.165) is 62.6 Å². The monoisotopic (exact) mass is 702 g/mol. The number of amides is 4. The first-order chi connectivity index (χ1) is 25.0. The van der Waals surface area contributed by atoms with E-state index < -0.39 is 11.8 Å². The van der Waals surface area contributed by atoms with Crippen LogP contribution in [0.15, 0.2) is 72.8 Å². The summed E-state index contributed by atoms with van der Waals surface area (Å²) in [5.74, 6) is -0.00774. The van der Waals surface area contributed by atoms with Crippen LogP contribution in [0.4, 0.5) is 23.3 Å². The molecule has 2 aliphatic rings. The molecule has 4 amide bonds. The molecule has 6 heterocycles. The number of quaternary nitrogens is 2. The van der Waals surface area contributed by atoms with Gasteiger partial charge in [-0.05, 0) is 36.4 Å². The molecule has 4 N–H and O–H groups in total. The predicted octanol–water partition coefficient (Wildman–Crippen LogP) is 4.44. The largest absolute Gasteiger partial charge is 0.318 e. The van der Waals surface area contributed by atoms with Gasteiger partial charge in [-0.3, -0.25) is 19.2 Å². The van der Waals surface area contributed by atoms with Gasteiger partial charge in [-0.15, -0.1) is 0 Å². The van der Waals surface area contributed by atoms with Gasteiger partial charge in [-0.2, -0.15) is 0 Å². The Balaban J connectivity index is 1.04. The van der Waals surface area contributed by atoms with Gasteiger partial charge in [0, 0.05) is 36.5 Å². The Morgan fingerprint density at radius 1 is 0.500 bits per heavy atom. The van der Waals surface area contributed by atoms with Gasteiger partial charge >= 0.3 is 0 Å². The highest BCUT2D eigenvalue weighted by Gasteiger charge is 2.30. The third-order valence-electron chi connectivity index (χ3n) is 9.84. The van der Waals surface area contributed by atoms with Crippen molar-refractivity contribution in [1.29, 1.82) is 0 Å². The number of carbonyl (C=O) groups is 4. The van der Waals surface area contributed by atoms with E-state index in [1.165, 1.54) is 0 Å². The van der Waals surface area contributed by atoms with E-state index in [9.17, 15) is 19.2 Å². The Kier molecular flexibility index (Phi) is 9.58. The number of benzene rings is 1. The summed E-state index contributed by atoms with van der Waals surface area (Å²) < 4.78 is 1.41. The SMILES string of the molecule is C[N+]1(CC(=O)Nc2cccc(NC(=O)c3ccc4ccc5ccc(C(=O)Nc6cccc(NC(=O)C[N+]7(C)CCCC7)n6)nc5c4n3)n2)CCCC1. The molecule has 2 aliphatic heterocycles. The van der Waals surface area contributed by atoms with Crippen LogP contribution in [0.1, 0.15) is 46.7 Å². The summed E-state index contributed by atoms with van der Waals surface area (Å²) in [5.41, 5.74) is 1.15. The molecule has 52 heavy (non-hydrogen) atoms. The molecule has 266 valence electrons. The first-order valence-electron chi connectivity index (χ1n) is 17.6. The number of rotatable bonds is 10. The van der Waals surface area contributed by atoms with E-state index >= 15 is 0 Å². The highest BCUT2D eigenvalue weighted by atomic mass is 16.2. The molecule has 1 aromatic carbocycles.